The topological polar surface area (TPSA) is 35.2 Å². The van der Waals surface area contributed by atoms with Gasteiger partial charge in [0.05, 0.1) is 13.2 Å². The summed E-state index contributed by atoms with van der Waals surface area (Å²) in [4.78, 5) is 0. The molecule has 0 saturated heterocycles. The molecule has 1 atom stereocenters. The highest BCUT2D eigenvalue weighted by atomic mass is 19.1. The first-order valence-corrected chi connectivity index (χ1v) is 6.19. The van der Waals surface area contributed by atoms with Crippen molar-refractivity contribution < 1.29 is 9.13 Å². The number of benzene rings is 2. The van der Waals surface area contributed by atoms with Crippen molar-refractivity contribution in [2.24, 2.45) is 5.73 Å². The second-order valence-corrected chi connectivity index (χ2v) is 4.75. The molecule has 0 spiro atoms. The number of nitrogens with two attached hydrogens (primary N) is 1. The lowest BCUT2D eigenvalue weighted by molar-refractivity contribution is 0.407. The van der Waals surface area contributed by atoms with Crippen LogP contribution in [0.2, 0.25) is 0 Å². The van der Waals surface area contributed by atoms with E-state index in [0.29, 0.717) is 11.3 Å². The molecule has 0 aliphatic carbocycles. The van der Waals surface area contributed by atoms with E-state index in [1.807, 2.05) is 32.0 Å². The van der Waals surface area contributed by atoms with E-state index >= 15 is 0 Å². The molecule has 0 fully saturated rings. The zero-order valence-electron chi connectivity index (χ0n) is 11.4. The lowest BCUT2D eigenvalue weighted by atomic mass is 9.96. The van der Waals surface area contributed by atoms with Gasteiger partial charge in [-0.05, 0) is 31.5 Å². The molecule has 0 bridgehead atoms. The highest BCUT2D eigenvalue weighted by molar-refractivity contribution is 5.44. The quantitative estimate of drug-likeness (QED) is 0.915. The van der Waals surface area contributed by atoms with Crippen molar-refractivity contribution in [3.63, 3.8) is 0 Å². The second kappa shape index (κ2) is 5.41. The Balaban J connectivity index is 2.49. The average molecular weight is 259 g/mol. The molecule has 0 heterocycles. The zero-order valence-corrected chi connectivity index (χ0v) is 11.4. The smallest absolute Gasteiger partial charge is 0.128 e. The van der Waals surface area contributed by atoms with Crippen molar-refractivity contribution >= 4 is 0 Å². The molecule has 2 nitrogen and oxygen atoms in total. The van der Waals surface area contributed by atoms with Crippen LogP contribution in [0, 0.1) is 19.7 Å². The Bertz CT molecular complexity index is 595. The van der Waals surface area contributed by atoms with E-state index in [1.54, 1.807) is 19.2 Å². The van der Waals surface area contributed by atoms with Gasteiger partial charge in [-0.15, -0.1) is 0 Å². The minimum absolute atomic E-state index is 0.291. The van der Waals surface area contributed by atoms with Crippen LogP contribution in [-0.2, 0) is 0 Å². The maximum absolute atomic E-state index is 13.9. The number of hydrogen-bond acceptors (Lipinski definition) is 2. The molecule has 0 aliphatic rings. The molecule has 0 radical (unpaired) electrons. The Morgan fingerprint density at radius 3 is 2.32 bits per heavy atom. The number of hydrogen-bond donors (Lipinski definition) is 1. The molecule has 2 aromatic carbocycles. The SMILES string of the molecule is COc1cc(C)ccc1C(N)c1cc(C)ccc1F. The molecule has 100 valence electrons. The first-order valence-electron chi connectivity index (χ1n) is 6.19. The molecule has 0 amide bonds. The van der Waals surface area contributed by atoms with Crippen molar-refractivity contribution in [3.05, 3.63) is 64.5 Å². The summed E-state index contributed by atoms with van der Waals surface area (Å²) in [6.45, 7) is 3.90. The number of aryl methyl sites for hydroxylation is 2. The van der Waals surface area contributed by atoms with Gasteiger partial charge < -0.3 is 10.5 Å². The van der Waals surface area contributed by atoms with Gasteiger partial charge in [0.1, 0.15) is 11.6 Å². The third kappa shape index (κ3) is 2.76. The Labute approximate surface area is 113 Å². The van der Waals surface area contributed by atoms with Crippen molar-refractivity contribution in [3.8, 4) is 5.75 Å². The molecule has 0 aliphatic heterocycles. The van der Waals surface area contributed by atoms with Crippen LogP contribution in [0.5, 0.6) is 5.75 Å². The van der Waals surface area contributed by atoms with Gasteiger partial charge in [-0.3, -0.25) is 0 Å². The summed E-state index contributed by atoms with van der Waals surface area (Å²) in [6, 6.07) is 10.2. The fraction of sp³-hybridized carbons (Fsp3) is 0.250. The van der Waals surface area contributed by atoms with Crippen LogP contribution in [-0.4, -0.2) is 7.11 Å². The third-order valence-corrected chi connectivity index (χ3v) is 3.21. The molecule has 0 saturated carbocycles. The molecular weight excluding hydrogens is 241 g/mol. The predicted molar refractivity (Wildman–Crippen MR) is 74.9 cm³/mol. The lowest BCUT2D eigenvalue weighted by Crippen LogP contribution is -2.15. The first-order chi connectivity index (χ1) is 9.02. The number of methoxy groups -OCH3 is 1. The van der Waals surface area contributed by atoms with E-state index in [-0.39, 0.29) is 5.82 Å². The van der Waals surface area contributed by atoms with Gasteiger partial charge in [-0.1, -0.05) is 29.8 Å². The first kappa shape index (κ1) is 13.6. The monoisotopic (exact) mass is 259 g/mol. The number of halogens is 1. The van der Waals surface area contributed by atoms with Crippen molar-refractivity contribution in [2.75, 3.05) is 7.11 Å². The molecule has 0 aromatic heterocycles. The summed E-state index contributed by atoms with van der Waals surface area (Å²) in [6.07, 6.45) is 0. The lowest BCUT2D eigenvalue weighted by Gasteiger charge is -2.17. The summed E-state index contributed by atoms with van der Waals surface area (Å²) >= 11 is 0. The predicted octanol–water partition coefficient (Wildman–Crippen LogP) is 3.50. The highest BCUT2D eigenvalue weighted by Crippen LogP contribution is 2.30. The van der Waals surface area contributed by atoms with Crippen LogP contribution in [0.1, 0.15) is 28.3 Å². The summed E-state index contributed by atoms with van der Waals surface area (Å²) in [7, 11) is 1.59. The average Bonchev–Trinajstić information content (AvgIpc) is 2.40. The Morgan fingerprint density at radius 1 is 1.00 bits per heavy atom. The maximum Gasteiger partial charge on any atom is 0.128 e. The van der Waals surface area contributed by atoms with Crippen molar-refractivity contribution in [1.82, 2.24) is 0 Å². The van der Waals surface area contributed by atoms with Crippen LogP contribution < -0.4 is 10.5 Å². The Kier molecular flexibility index (Phi) is 3.86. The fourth-order valence-electron chi connectivity index (χ4n) is 2.14. The summed E-state index contributed by atoms with van der Waals surface area (Å²) in [5, 5.41) is 0. The van der Waals surface area contributed by atoms with Crippen LogP contribution in [0.4, 0.5) is 4.39 Å². The third-order valence-electron chi connectivity index (χ3n) is 3.21. The van der Waals surface area contributed by atoms with Crippen LogP contribution >= 0.6 is 0 Å². The van der Waals surface area contributed by atoms with Gasteiger partial charge in [-0.2, -0.15) is 0 Å². The molecule has 19 heavy (non-hydrogen) atoms. The van der Waals surface area contributed by atoms with E-state index in [4.69, 9.17) is 10.5 Å². The van der Waals surface area contributed by atoms with Crippen LogP contribution in [0.25, 0.3) is 0 Å². The van der Waals surface area contributed by atoms with E-state index in [9.17, 15) is 4.39 Å². The normalized spacial score (nSPS) is 12.3. The number of rotatable bonds is 3. The summed E-state index contributed by atoms with van der Waals surface area (Å²) < 4.78 is 19.2. The summed E-state index contributed by atoms with van der Waals surface area (Å²) in [5.41, 5.74) is 9.54. The van der Waals surface area contributed by atoms with E-state index in [2.05, 4.69) is 0 Å². The van der Waals surface area contributed by atoms with Gasteiger partial charge in [0.15, 0.2) is 0 Å². The van der Waals surface area contributed by atoms with Gasteiger partial charge >= 0.3 is 0 Å². The molecule has 2 rings (SSSR count). The van der Waals surface area contributed by atoms with Gasteiger partial charge in [-0.25, -0.2) is 4.39 Å². The van der Waals surface area contributed by atoms with Crippen molar-refractivity contribution in [1.29, 1.82) is 0 Å². The Morgan fingerprint density at radius 2 is 1.63 bits per heavy atom. The van der Waals surface area contributed by atoms with E-state index in [1.165, 1.54) is 6.07 Å². The van der Waals surface area contributed by atoms with Crippen LogP contribution in [0.15, 0.2) is 36.4 Å². The fourth-order valence-corrected chi connectivity index (χ4v) is 2.14. The van der Waals surface area contributed by atoms with Gasteiger partial charge in [0.2, 0.25) is 0 Å². The van der Waals surface area contributed by atoms with E-state index < -0.39 is 6.04 Å². The standard InChI is InChI=1S/C16H18FNO/c1-10-5-7-14(17)13(8-10)16(18)12-6-4-11(2)9-15(12)19-3/h4-9,16H,18H2,1-3H3. The number of ether oxygens (including phenoxy) is 1. The molecule has 1 unspecified atom stereocenters. The molecular formula is C16H18FNO. The molecule has 3 heteroatoms. The Hall–Kier alpha value is -1.87. The highest BCUT2D eigenvalue weighted by Gasteiger charge is 2.17. The minimum atomic E-state index is -0.532. The van der Waals surface area contributed by atoms with Gasteiger partial charge in [0, 0.05) is 11.1 Å². The molecule has 2 aromatic rings. The zero-order chi connectivity index (χ0) is 14.0. The molecule has 2 N–H and O–H groups in total. The maximum atomic E-state index is 13.9. The summed E-state index contributed by atoms with van der Waals surface area (Å²) in [5.74, 6) is 0.397. The minimum Gasteiger partial charge on any atom is -0.496 e. The van der Waals surface area contributed by atoms with E-state index in [0.717, 1.165) is 16.7 Å². The second-order valence-electron chi connectivity index (χ2n) is 4.75. The van der Waals surface area contributed by atoms with Gasteiger partial charge in [0.25, 0.3) is 0 Å². The largest absolute Gasteiger partial charge is 0.496 e. The van der Waals surface area contributed by atoms with Crippen molar-refractivity contribution in [2.45, 2.75) is 19.9 Å². The van der Waals surface area contributed by atoms with Crippen LogP contribution in [0.3, 0.4) is 0 Å².